The molecule has 0 spiro atoms. The second-order valence-electron chi connectivity index (χ2n) is 4.68. The number of amides is 1. The molecular formula is C15H17NO5. The van der Waals surface area contributed by atoms with Crippen molar-refractivity contribution in [2.75, 3.05) is 20.8 Å². The summed E-state index contributed by atoms with van der Waals surface area (Å²) in [5.74, 6) is 0.133. The van der Waals surface area contributed by atoms with Crippen molar-refractivity contribution < 1.29 is 18.7 Å². The number of nitrogens with one attached hydrogen (secondary N) is 1. The van der Waals surface area contributed by atoms with Crippen molar-refractivity contribution in [1.82, 2.24) is 5.32 Å². The molecule has 0 unspecified atom stereocenters. The highest BCUT2D eigenvalue weighted by Gasteiger charge is 2.16. The van der Waals surface area contributed by atoms with Crippen LogP contribution in [0.25, 0.3) is 11.0 Å². The fraction of sp³-hybridized carbons (Fsp3) is 0.333. The molecule has 1 aromatic heterocycles. The lowest BCUT2D eigenvalue weighted by molar-refractivity contribution is 0.0902. The molecule has 0 fully saturated rings. The van der Waals surface area contributed by atoms with E-state index >= 15 is 0 Å². The van der Waals surface area contributed by atoms with Crippen LogP contribution in [-0.4, -0.2) is 32.8 Å². The summed E-state index contributed by atoms with van der Waals surface area (Å²) in [6.45, 7) is 2.14. The number of carbonyl (C=O) groups is 1. The summed E-state index contributed by atoms with van der Waals surface area (Å²) in [6, 6.07) is 6.31. The summed E-state index contributed by atoms with van der Waals surface area (Å²) in [4.78, 5) is 24.0. The molecule has 1 heterocycles. The molecule has 21 heavy (non-hydrogen) atoms. The number of carbonyl (C=O) groups excluding carboxylic acids is 1. The summed E-state index contributed by atoms with van der Waals surface area (Å²) in [7, 11) is 3.08. The van der Waals surface area contributed by atoms with Gasteiger partial charge >= 0.3 is 5.63 Å². The van der Waals surface area contributed by atoms with Gasteiger partial charge in [0.25, 0.3) is 5.91 Å². The van der Waals surface area contributed by atoms with Gasteiger partial charge in [-0.05, 0) is 31.2 Å². The van der Waals surface area contributed by atoms with Crippen LogP contribution in [0.1, 0.15) is 17.3 Å². The smallest absolute Gasteiger partial charge is 0.349 e. The first kappa shape index (κ1) is 15.1. The van der Waals surface area contributed by atoms with Crippen molar-refractivity contribution in [3.8, 4) is 5.75 Å². The van der Waals surface area contributed by atoms with E-state index in [-0.39, 0.29) is 11.6 Å². The minimum Gasteiger partial charge on any atom is -0.497 e. The van der Waals surface area contributed by atoms with Crippen LogP contribution in [0.5, 0.6) is 5.75 Å². The Labute approximate surface area is 121 Å². The van der Waals surface area contributed by atoms with E-state index in [1.165, 1.54) is 6.07 Å². The van der Waals surface area contributed by atoms with Crippen LogP contribution in [0.2, 0.25) is 0 Å². The van der Waals surface area contributed by atoms with Gasteiger partial charge in [0.2, 0.25) is 0 Å². The number of rotatable bonds is 5. The van der Waals surface area contributed by atoms with Crippen molar-refractivity contribution in [2.45, 2.75) is 13.0 Å². The normalized spacial score (nSPS) is 12.1. The van der Waals surface area contributed by atoms with Crippen LogP contribution < -0.4 is 15.7 Å². The van der Waals surface area contributed by atoms with Gasteiger partial charge in [0.15, 0.2) is 0 Å². The maximum atomic E-state index is 12.1. The van der Waals surface area contributed by atoms with Crippen LogP contribution >= 0.6 is 0 Å². The molecule has 0 aliphatic heterocycles. The van der Waals surface area contributed by atoms with Crippen molar-refractivity contribution in [1.29, 1.82) is 0 Å². The summed E-state index contributed by atoms with van der Waals surface area (Å²) in [5.41, 5.74) is -0.309. The SMILES string of the molecule is COC[C@@H](C)NC(=O)c1cc2cc(OC)ccc2oc1=O. The average Bonchev–Trinajstić information content (AvgIpc) is 2.46. The standard InChI is InChI=1S/C15H17NO5/c1-9(8-19-2)16-14(17)12-7-10-6-11(20-3)4-5-13(10)21-15(12)18/h4-7,9H,8H2,1-3H3,(H,16,17)/t9-/m1/s1. The first-order chi connectivity index (χ1) is 10.0. The lowest BCUT2D eigenvalue weighted by atomic mass is 10.1. The van der Waals surface area contributed by atoms with Gasteiger partial charge < -0.3 is 19.2 Å². The summed E-state index contributed by atoms with van der Waals surface area (Å²) in [5, 5.41) is 3.30. The Hall–Kier alpha value is -2.34. The van der Waals surface area contributed by atoms with E-state index in [2.05, 4.69) is 5.32 Å². The lowest BCUT2D eigenvalue weighted by Gasteiger charge is -2.12. The summed E-state index contributed by atoms with van der Waals surface area (Å²) < 4.78 is 15.2. The zero-order valence-electron chi connectivity index (χ0n) is 12.1. The first-order valence-electron chi connectivity index (χ1n) is 6.47. The molecule has 2 rings (SSSR count). The van der Waals surface area contributed by atoms with E-state index < -0.39 is 11.5 Å². The van der Waals surface area contributed by atoms with Gasteiger partial charge in [-0.1, -0.05) is 0 Å². The minimum atomic E-state index is -0.671. The number of ether oxygens (including phenoxy) is 2. The van der Waals surface area contributed by atoms with Crippen molar-refractivity contribution in [2.24, 2.45) is 0 Å². The molecule has 0 aliphatic carbocycles. The van der Waals surface area contributed by atoms with Gasteiger partial charge in [0.1, 0.15) is 16.9 Å². The van der Waals surface area contributed by atoms with Crippen molar-refractivity contribution in [3.63, 3.8) is 0 Å². The van der Waals surface area contributed by atoms with Crippen LogP contribution in [0.3, 0.4) is 0 Å². The van der Waals surface area contributed by atoms with E-state index in [9.17, 15) is 9.59 Å². The highest BCUT2D eigenvalue weighted by molar-refractivity contribution is 5.96. The Kier molecular flexibility index (Phi) is 4.59. The van der Waals surface area contributed by atoms with Gasteiger partial charge in [0, 0.05) is 18.5 Å². The summed E-state index contributed by atoms with van der Waals surface area (Å²) >= 11 is 0. The zero-order valence-corrected chi connectivity index (χ0v) is 12.1. The second-order valence-corrected chi connectivity index (χ2v) is 4.68. The van der Waals surface area contributed by atoms with E-state index in [0.29, 0.717) is 23.3 Å². The molecule has 1 amide bonds. The molecule has 0 bridgehead atoms. The second kappa shape index (κ2) is 6.41. The molecule has 0 radical (unpaired) electrons. The molecule has 0 saturated carbocycles. The van der Waals surface area contributed by atoms with Gasteiger partial charge in [-0.2, -0.15) is 0 Å². The van der Waals surface area contributed by atoms with Gasteiger partial charge in [-0.25, -0.2) is 4.79 Å². The number of fused-ring (bicyclic) bond motifs is 1. The number of hydrogen-bond donors (Lipinski definition) is 1. The number of methoxy groups -OCH3 is 2. The Morgan fingerprint density at radius 1 is 1.33 bits per heavy atom. The van der Waals surface area contributed by atoms with E-state index in [4.69, 9.17) is 13.9 Å². The quantitative estimate of drug-likeness (QED) is 0.846. The Morgan fingerprint density at radius 3 is 2.76 bits per heavy atom. The third-order valence-electron chi connectivity index (χ3n) is 2.98. The molecule has 1 atom stereocenters. The topological polar surface area (TPSA) is 77.8 Å². The molecule has 112 valence electrons. The average molecular weight is 291 g/mol. The predicted octanol–water partition coefficient (Wildman–Crippen LogP) is 1.57. The lowest BCUT2D eigenvalue weighted by Crippen LogP contribution is -2.37. The van der Waals surface area contributed by atoms with E-state index in [1.54, 1.807) is 39.3 Å². The van der Waals surface area contributed by atoms with Gasteiger partial charge in [-0.3, -0.25) is 4.79 Å². The Morgan fingerprint density at radius 2 is 2.10 bits per heavy atom. The van der Waals surface area contributed by atoms with Crippen LogP contribution in [0, 0.1) is 0 Å². The maximum Gasteiger partial charge on any atom is 0.349 e. The molecule has 1 N–H and O–H groups in total. The van der Waals surface area contributed by atoms with Crippen molar-refractivity contribution >= 4 is 16.9 Å². The van der Waals surface area contributed by atoms with Gasteiger partial charge in [0.05, 0.1) is 13.7 Å². The minimum absolute atomic E-state index is 0.0429. The number of benzene rings is 1. The maximum absolute atomic E-state index is 12.1. The Bertz CT molecular complexity index is 707. The third-order valence-corrected chi connectivity index (χ3v) is 2.98. The molecule has 1 aromatic carbocycles. The molecule has 0 aliphatic rings. The summed E-state index contributed by atoms with van der Waals surface area (Å²) in [6.07, 6.45) is 0. The van der Waals surface area contributed by atoms with Crippen LogP contribution in [0.4, 0.5) is 0 Å². The highest BCUT2D eigenvalue weighted by atomic mass is 16.5. The zero-order chi connectivity index (χ0) is 15.4. The molecule has 2 aromatic rings. The molecular weight excluding hydrogens is 274 g/mol. The fourth-order valence-corrected chi connectivity index (χ4v) is 1.98. The van der Waals surface area contributed by atoms with Gasteiger partial charge in [-0.15, -0.1) is 0 Å². The predicted molar refractivity (Wildman–Crippen MR) is 77.8 cm³/mol. The van der Waals surface area contributed by atoms with Crippen LogP contribution in [0.15, 0.2) is 33.5 Å². The molecule has 6 heteroatoms. The molecule has 0 saturated heterocycles. The monoisotopic (exact) mass is 291 g/mol. The Balaban J connectivity index is 2.37. The third kappa shape index (κ3) is 3.41. The fourth-order valence-electron chi connectivity index (χ4n) is 1.98. The highest BCUT2D eigenvalue weighted by Crippen LogP contribution is 2.20. The van der Waals surface area contributed by atoms with E-state index in [0.717, 1.165) is 0 Å². The largest absolute Gasteiger partial charge is 0.497 e. The van der Waals surface area contributed by atoms with E-state index in [1.807, 2.05) is 0 Å². The molecule has 6 nitrogen and oxygen atoms in total. The van der Waals surface area contributed by atoms with Crippen molar-refractivity contribution in [3.05, 3.63) is 40.2 Å². The first-order valence-corrected chi connectivity index (χ1v) is 6.47. The number of hydrogen-bond acceptors (Lipinski definition) is 5. The van der Waals surface area contributed by atoms with Crippen LogP contribution in [-0.2, 0) is 4.74 Å².